The second-order valence-corrected chi connectivity index (χ2v) is 8.32. The Hall–Kier alpha value is -2.62. The molecular formula is C24H16BrNS. The highest BCUT2D eigenvalue weighted by Gasteiger charge is 2.16. The molecule has 0 spiro atoms. The maximum absolute atomic E-state index is 3.82. The van der Waals surface area contributed by atoms with Crippen molar-refractivity contribution in [3.63, 3.8) is 0 Å². The molecule has 0 aliphatic heterocycles. The summed E-state index contributed by atoms with van der Waals surface area (Å²) in [5.41, 5.74) is 3.44. The van der Waals surface area contributed by atoms with E-state index < -0.39 is 0 Å². The molecule has 0 aliphatic carbocycles. The monoisotopic (exact) mass is 429 g/mol. The molecule has 1 nitrogen and oxygen atoms in total. The van der Waals surface area contributed by atoms with Gasteiger partial charge in [0.15, 0.2) is 0 Å². The summed E-state index contributed by atoms with van der Waals surface area (Å²) in [6.07, 6.45) is 0. The maximum atomic E-state index is 3.82. The number of benzene rings is 4. The van der Waals surface area contributed by atoms with Crippen LogP contribution < -0.4 is 4.90 Å². The zero-order valence-electron chi connectivity index (χ0n) is 14.5. The topological polar surface area (TPSA) is 3.24 Å². The summed E-state index contributed by atoms with van der Waals surface area (Å²) in [5, 5.41) is 2.60. The molecule has 0 amide bonds. The second kappa shape index (κ2) is 6.84. The van der Waals surface area contributed by atoms with Gasteiger partial charge in [0, 0.05) is 41.7 Å². The first-order valence-corrected chi connectivity index (χ1v) is 10.4. The van der Waals surface area contributed by atoms with E-state index in [2.05, 4.69) is 118 Å². The van der Waals surface area contributed by atoms with Gasteiger partial charge in [-0.3, -0.25) is 0 Å². The minimum absolute atomic E-state index is 1.13. The molecule has 0 saturated heterocycles. The Morgan fingerprint density at radius 3 is 1.85 bits per heavy atom. The van der Waals surface area contributed by atoms with Crippen molar-refractivity contribution in [1.29, 1.82) is 0 Å². The SMILES string of the molecule is Brc1cc(N(c2ccccc2)c2ccccc2)cc2c1sc1ccccc12. The van der Waals surface area contributed by atoms with Gasteiger partial charge in [-0.15, -0.1) is 11.3 Å². The highest BCUT2D eigenvalue weighted by Crippen LogP contribution is 2.43. The van der Waals surface area contributed by atoms with Crippen LogP contribution in [0.4, 0.5) is 17.1 Å². The molecule has 4 aromatic carbocycles. The highest BCUT2D eigenvalue weighted by molar-refractivity contribution is 9.10. The van der Waals surface area contributed by atoms with Crippen LogP contribution in [-0.2, 0) is 0 Å². The Morgan fingerprint density at radius 2 is 1.19 bits per heavy atom. The third-order valence-corrected chi connectivity index (χ3v) is 6.81. The number of hydrogen-bond acceptors (Lipinski definition) is 2. The van der Waals surface area contributed by atoms with Crippen molar-refractivity contribution < 1.29 is 0 Å². The molecule has 5 aromatic rings. The van der Waals surface area contributed by atoms with Gasteiger partial charge in [-0.2, -0.15) is 0 Å². The smallest absolute Gasteiger partial charge is 0.0499 e. The molecular weight excluding hydrogens is 414 g/mol. The molecule has 0 aliphatic rings. The lowest BCUT2D eigenvalue weighted by atomic mass is 10.1. The molecule has 1 heterocycles. The minimum atomic E-state index is 1.13. The van der Waals surface area contributed by atoms with Gasteiger partial charge in [-0.1, -0.05) is 54.6 Å². The minimum Gasteiger partial charge on any atom is -0.310 e. The second-order valence-electron chi connectivity index (χ2n) is 6.41. The van der Waals surface area contributed by atoms with E-state index in [0.29, 0.717) is 0 Å². The van der Waals surface area contributed by atoms with Crippen LogP contribution in [0.1, 0.15) is 0 Å². The summed E-state index contributed by atoms with van der Waals surface area (Å²) < 4.78 is 3.74. The normalized spacial score (nSPS) is 11.1. The van der Waals surface area contributed by atoms with Gasteiger partial charge in [-0.25, -0.2) is 0 Å². The Balaban J connectivity index is 1.79. The van der Waals surface area contributed by atoms with Crippen molar-refractivity contribution in [1.82, 2.24) is 0 Å². The molecule has 27 heavy (non-hydrogen) atoms. The van der Waals surface area contributed by atoms with E-state index in [-0.39, 0.29) is 0 Å². The summed E-state index contributed by atoms with van der Waals surface area (Å²) in [6.45, 7) is 0. The van der Waals surface area contributed by atoms with Crippen LogP contribution in [0.2, 0.25) is 0 Å². The number of nitrogens with zero attached hydrogens (tertiary/aromatic N) is 1. The quantitative estimate of drug-likeness (QED) is 0.278. The zero-order valence-corrected chi connectivity index (χ0v) is 16.9. The Morgan fingerprint density at radius 1 is 0.593 bits per heavy atom. The van der Waals surface area contributed by atoms with E-state index in [9.17, 15) is 0 Å². The van der Waals surface area contributed by atoms with E-state index in [0.717, 1.165) is 21.5 Å². The van der Waals surface area contributed by atoms with Crippen LogP contribution in [0.5, 0.6) is 0 Å². The van der Waals surface area contributed by atoms with Crippen molar-refractivity contribution in [3.8, 4) is 0 Å². The number of fused-ring (bicyclic) bond motifs is 3. The number of anilines is 3. The summed E-state index contributed by atoms with van der Waals surface area (Å²) in [6, 6.07) is 34.2. The molecule has 130 valence electrons. The fourth-order valence-electron chi connectivity index (χ4n) is 3.50. The average molecular weight is 430 g/mol. The van der Waals surface area contributed by atoms with Gasteiger partial charge in [-0.05, 0) is 58.4 Å². The average Bonchev–Trinajstić information content (AvgIpc) is 3.10. The van der Waals surface area contributed by atoms with Gasteiger partial charge >= 0.3 is 0 Å². The molecule has 0 bridgehead atoms. The van der Waals surface area contributed by atoms with Crippen LogP contribution in [-0.4, -0.2) is 0 Å². The van der Waals surface area contributed by atoms with Crippen molar-refractivity contribution in [2.45, 2.75) is 0 Å². The zero-order chi connectivity index (χ0) is 18.2. The Bertz CT molecular complexity index is 1190. The summed E-state index contributed by atoms with van der Waals surface area (Å²) in [7, 11) is 0. The van der Waals surface area contributed by atoms with Gasteiger partial charge in [0.2, 0.25) is 0 Å². The predicted molar refractivity (Wildman–Crippen MR) is 122 cm³/mol. The van der Waals surface area contributed by atoms with E-state index >= 15 is 0 Å². The van der Waals surface area contributed by atoms with Gasteiger partial charge in [0.05, 0.1) is 0 Å². The lowest BCUT2D eigenvalue weighted by molar-refractivity contribution is 1.29. The fourth-order valence-corrected chi connectivity index (χ4v) is 5.28. The third kappa shape index (κ3) is 2.93. The number of rotatable bonds is 3. The lowest BCUT2D eigenvalue weighted by Gasteiger charge is -2.25. The van der Waals surface area contributed by atoms with Crippen LogP contribution >= 0.6 is 27.3 Å². The maximum Gasteiger partial charge on any atom is 0.0499 e. The Kier molecular flexibility index (Phi) is 4.19. The van der Waals surface area contributed by atoms with E-state index in [1.807, 2.05) is 11.3 Å². The molecule has 3 heteroatoms. The van der Waals surface area contributed by atoms with Gasteiger partial charge in [0.1, 0.15) is 0 Å². The number of thiophene rings is 1. The number of para-hydroxylation sites is 2. The number of hydrogen-bond donors (Lipinski definition) is 0. The lowest BCUT2D eigenvalue weighted by Crippen LogP contribution is -2.09. The summed E-state index contributed by atoms with van der Waals surface area (Å²) in [5.74, 6) is 0. The molecule has 0 radical (unpaired) electrons. The van der Waals surface area contributed by atoms with Crippen molar-refractivity contribution >= 4 is 64.5 Å². The number of halogens is 1. The van der Waals surface area contributed by atoms with Crippen molar-refractivity contribution in [3.05, 3.63) is 102 Å². The standard InChI is InChI=1S/C24H16BrNS/c25-22-16-19(15-21-20-13-7-8-14-23(20)27-24(21)22)26(17-9-3-1-4-10-17)18-11-5-2-6-12-18/h1-16H. The molecule has 0 unspecified atom stereocenters. The van der Waals surface area contributed by atoms with Gasteiger partial charge < -0.3 is 4.90 Å². The van der Waals surface area contributed by atoms with Crippen LogP contribution in [0.15, 0.2) is 102 Å². The molecule has 0 N–H and O–H groups in total. The molecule has 0 atom stereocenters. The molecule has 0 fully saturated rings. The van der Waals surface area contributed by atoms with Crippen LogP contribution in [0, 0.1) is 0 Å². The third-order valence-electron chi connectivity index (χ3n) is 4.70. The molecule has 5 rings (SSSR count). The molecule has 0 saturated carbocycles. The highest BCUT2D eigenvalue weighted by atomic mass is 79.9. The first-order chi connectivity index (χ1) is 13.3. The molecule has 1 aromatic heterocycles. The van der Waals surface area contributed by atoms with Crippen molar-refractivity contribution in [2.24, 2.45) is 0 Å². The first kappa shape index (κ1) is 16.5. The summed E-state index contributed by atoms with van der Waals surface area (Å²) >= 11 is 5.66. The van der Waals surface area contributed by atoms with Crippen LogP contribution in [0.25, 0.3) is 20.2 Å². The largest absolute Gasteiger partial charge is 0.310 e. The summed E-state index contributed by atoms with van der Waals surface area (Å²) in [4.78, 5) is 2.30. The first-order valence-electron chi connectivity index (χ1n) is 8.82. The van der Waals surface area contributed by atoms with Crippen LogP contribution in [0.3, 0.4) is 0 Å². The van der Waals surface area contributed by atoms with Crippen molar-refractivity contribution in [2.75, 3.05) is 4.90 Å². The van der Waals surface area contributed by atoms with E-state index in [1.54, 1.807) is 0 Å². The fraction of sp³-hybridized carbons (Fsp3) is 0. The van der Waals surface area contributed by atoms with E-state index in [4.69, 9.17) is 0 Å². The van der Waals surface area contributed by atoms with E-state index in [1.165, 1.54) is 20.2 Å². The predicted octanol–water partition coefficient (Wildman–Crippen LogP) is 8.29. The van der Waals surface area contributed by atoms with Gasteiger partial charge in [0.25, 0.3) is 0 Å². The Labute approximate surface area is 170 Å².